The number of aliphatic hydroxyl groups is 1. The Kier molecular flexibility index (Phi) is 6.89. The molecule has 2 atom stereocenters. The Morgan fingerprint density at radius 1 is 1.29 bits per heavy atom. The molecular formula is C11H21N3O6P+. The summed E-state index contributed by atoms with van der Waals surface area (Å²) in [6, 6.07) is 0. The Bertz CT molecular complexity index is 438. The third kappa shape index (κ3) is 5.04. The van der Waals surface area contributed by atoms with Crippen LogP contribution in [0.25, 0.3) is 0 Å². The van der Waals surface area contributed by atoms with E-state index in [4.69, 9.17) is 15.9 Å². The van der Waals surface area contributed by atoms with E-state index >= 15 is 0 Å². The van der Waals surface area contributed by atoms with Gasteiger partial charge in [0.2, 0.25) is 5.91 Å². The van der Waals surface area contributed by atoms with E-state index in [1.165, 1.54) is 20.8 Å². The number of nitrogens with zero attached hydrogens (tertiary/aromatic N) is 1. The molecule has 0 aliphatic heterocycles. The Morgan fingerprint density at radius 3 is 2.19 bits per heavy atom. The van der Waals surface area contributed by atoms with E-state index in [1.54, 1.807) is 0 Å². The van der Waals surface area contributed by atoms with Crippen molar-refractivity contribution in [3.8, 4) is 0 Å². The molecule has 0 fully saturated rings. The van der Waals surface area contributed by atoms with Crippen molar-refractivity contribution in [1.82, 2.24) is 9.99 Å². The number of amides is 2. The normalized spacial score (nSPS) is 14.3. The van der Waals surface area contributed by atoms with Gasteiger partial charge in [-0.05, 0) is 31.8 Å². The van der Waals surface area contributed by atoms with Crippen molar-refractivity contribution in [1.29, 1.82) is 0 Å². The number of carboxylic acid groups (broad SMARTS) is 1. The van der Waals surface area contributed by atoms with Gasteiger partial charge in [0.15, 0.2) is 11.2 Å². The summed E-state index contributed by atoms with van der Waals surface area (Å²) in [5, 5.41) is 19.9. The van der Waals surface area contributed by atoms with Crippen molar-refractivity contribution in [3.05, 3.63) is 0 Å². The first-order valence-corrected chi connectivity index (χ1v) is 7.02. The van der Waals surface area contributed by atoms with Crippen LogP contribution in [0.3, 0.4) is 0 Å². The lowest BCUT2D eigenvalue weighted by Crippen LogP contribution is -2.65. The van der Waals surface area contributed by atoms with Crippen LogP contribution in [0.5, 0.6) is 0 Å². The van der Waals surface area contributed by atoms with Crippen LogP contribution in [0.1, 0.15) is 33.6 Å². The van der Waals surface area contributed by atoms with Crippen molar-refractivity contribution in [2.45, 2.75) is 44.8 Å². The number of carbonyl (C=O) groups is 3. The van der Waals surface area contributed by atoms with Crippen LogP contribution in [0.2, 0.25) is 0 Å². The van der Waals surface area contributed by atoms with Crippen molar-refractivity contribution in [2.75, 3.05) is 6.61 Å². The summed E-state index contributed by atoms with van der Waals surface area (Å²) < 4.78 is 11.8. The molecule has 0 saturated carbocycles. The average molecular weight is 322 g/mol. The number of aliphatic carboxylic acids is 1. The predicted molar refractivity (Wildman–Crippen MR) is 74.6 cm³/mol. The highest BCUT2D eigenvalue weighted by molar-refractivity contribution is 7.22. The van der Waals surface area contributed by atoms with E-state index in [0.29, 0.717) is 4.67 Å². The Morgan fingerprint density at radius 2 is 1.81 bits per heavy atom. The van der Waals surface area contributed by atoms with Gasteiger partial charge in [-0.1, -0.05) is 0 Å². The van der Waals surface area contributed by atoms with Crippen molar-refractivity contribution < 1.29 is 29.2 Å². The molecule has 0 heterocycles. The van der Waals surface area contributed by atoms with Crippen molar-refractivity contribution >= 4 is 26.4 Å². The second kappa shape index (κ2) is 7.44. The molecule has 0 aliphatic rings. The fraction of sp³-hybridized carbons (Fsp3) is 0.727. The number of rotatable bonds is 8. The summed E-state index contributed by atoms with van der Waals surface area (Å²) in [6.45, 7) is 3.38. The minimum atomic E-state index is -1.91. The largest absolute Gasteiger partial charge is 0.479 e. The Hall–Kier alpha value is -1.57. The molecule has 0 aromatic carbocycles. The van der Waals surface area contributed by atoms with Crippen LogP contribution in [0, 0.1) is 0 Å². The molecule has 0 bridgehead atoms. The second-order valence-electron chi connectivity index (χ2n) is 5.17. The van der Waals surface area contributed by atoms with E-state index in [1.807, 2.05) is 0 Å². The summed E-state index contributed by atoms with van der Waals surface area (Å²) in [7, 11) is -1.37. The van der Waals surface area contributed by atoms with Crippen LogP contribution >= 0.6 is 8.61 Å². The molecule has 0 spiro atoms. The smallest absolute Gasteiger partial charge is 0.452 e. The molecule has 0 radical (unpaired) electrons. The van der Waals surface area contributed by atoms with Gasteiger partial charge in [-0.15, -0.1) is 4.67 Å². The van der Waals surface area contributed by atoms with Crippen LogP contribution in [0.15, 0.2) is 0 Å². The lowest BCUT2D eigenvalue weighted by molar-refractivity contribution is -0.153. The monoisotopic (exact) mass is 322 g/mol. The molecule has 0 aliphatic carbocycles. The molecule has 0 saturated heterocycles. The molecule has 21 heavy (non-hydrogen) atoms. The first-order valence-electron chi connectivity index (χ1n) is 6.17. The zero-order valence-corrected chi connectivity index (χ0v) is 13.2. The molecule has 2 amide bonds. The molecule has 1 unspecified atom stereocenters. The van der Waals surface area contributed by atoms with Gasteiger partial charge in [-0.25, -0.2) is 4.79 Å². The van der Waals surface area contributed by atoms with Crippen LogP contribution in [-0.2, 0) is 18.9 Å². The van der Waals surface area contributed by atoms with Gasteiger partial charge in [0.25, 0.3) is 0 Å². The fourth-order valence-corrected chi connectivity index (χ4v) is 2.02. The van der Waals surface area contributed by atoms with Crippen molar-refractivity contribution in [3.63, 3.8) is 0 Å². The predicted octanol–water partition coefficient (Wildman–Crippen LogP) is -0.819. The highest BCUT2D eigenvalue weighted by atomic mass is 31.1. The number of hydrogen-bond acceptors (Lipinski definition) is 6. The van der Waals surface area contributed by atoms with Gasteiger partial charge >= 0.3 is 20.5 Å². The molecular weight excluding hydrogens is 301 g/mol. The van der Waals surface area contributed by atoms with E-state index in [2.05, 4.69) is 5.32 Å². The first kappa shape index (κ1) is 19.4. The number of carboxylic acids is 1. The van der Waals surface area contributed by atoms with E-state index in [9.17, 15) is 18.9 Å². The first-order chi connectivity index (χ1) is 9.50. The van der Waals surface area contributed by atoms with Crippen LogP contribution in [0.4, 0.5) is 0 Å². The summed E-state index contributed by atoms with van der Waals surface area (Å²) in [4.78, 5) is 34.9. The zero-order chi connectivity index (χ0) is 16.8. The Labute approximate surface area is 123 Å². The van der Waals surface area contributed by atoms with Gasteiger partial charge in [-0.2, -0.15) is 0 Å². The van der Waals surface area contributed by atoms with Gasteiger partial charge in [0.1, 0.15) is 0 Å². The van der Waals surface area contributed by atoms with Gasteiger partial charge in [0.05, 0.1) is 0 Å². The van der Waals surface area contributed by atoms with E-state index in [-0.39, 0.29) is 19.4 Å². The minimum Gasteiger partial charge on any atom is -0.479 e. The standard InChI is InChI=1S/C11H20N3O6P/c1-10(2,9(18)19)14(21-20)8(17)11(3,12)13-7(16)5-4-6-15/h15H,4-6,12H2,1-3H3,(H,13,16)(H,18,19)/p+1/t11-/m0/s1. The third-order valence-electron chi connectivity index (χ3n) is 2.78. The van der Waals surface area contributed by atoms with Gasteiger partial charge < -0.3 is 21.3 Å². The topological polar surface area (TPSA) is 150 Å². The fourth-order valence-electron chi connectivity index (χ4n) is 1.38. The van der Waals surface area contributed by atoms with Gasteiger partial charge in [-0.3, -0.25) is 9.59 Å². The number of hydrogen-bond donors (Lipinski definition) is 4. The SMILES string of the molecule is CC(C)(C(=O)O)N([PH+]=O)C(=O)[C@@](C)(N)NC(=O)CCCO. The molecule has 0 aromatic rings. The number of carbonyl (C=O) groups excluding carboxylic acids is 2. The summed E-state index contributed by atoms with van der Waals surface area (Å²) in [5.41, 5.74) is 2.04. The maximum Gasteiger partial charge on any atom is 0.452 e. The quantitative estimate of drug-likeness (QED) is 0.337. The van der Waals surface area contributed by atoms with E-state index < -0.39 is 37.6 Å². The maximum absolute atomic E-state index is 12.2. The van der Waals surface area contributed by atoms with Crippen molar-refractivity contribution in [2.24, 2.45) is 5.73 Å². The van der Waals surface area contributed by atoms with Crippen LogP contribution in [-0.4, -0.2) is 50.5 Å². The highest BCUT2D eigenvalue weighted by Crippen LogP contribution is 2.25. The summed E-state index contributed by atoms with van der Waals surface area (Å²) >= 11 is 0. The van der Waals surface area contributed by atoms with Gasteiger partial charge in [0, 0.05) is 13.0 Å². The molecule has 0 rings (SSSR count). The maximum atomic E-state index is 12.2. The third-order valence-corrected chi connectivity index (χ3v) is 3.73. The molecule has 5 N–H and O–H groups in total. The number of nitrogens with two attached hydrogens (primary N) is 1. The second-order valence-corrected chi connectivity index (χ2v) is 5.80. The average Bonchev–Trinajstić information content (AvgIpc) is 2.35. The summed E-state index contributed by atoms with van der Waals surface area (Å²) in [6.07, 6.45) is 0.155. The Balaban J connectivity index is 5.13. The lowest BCUT2D eigenvalue weighted by atomic mass is 10.0. The van der Waals surface area contributed by atoms with E-state index in [0.717, 1.165) is 0 Å². The zero-order valence-electron chi connectivity index (χ0n) is 12.2. The number of nitrogens with one attached hydrogen (secondary N) is 1. The summed E-state index contributed by atoms with van der Waals surface area (Å²) in [5.74, 6) is -2.92. The molecule has 10 heteroatoms. The molecule has 9 nitrogen and oxygen atoms in total. The lowest BCUT2D eigenvalue weighted by Gasteiger charge is -2.31. The molecule has 0 aromatic heterocycles. The van der Waals surface area contributed by atoms with Crippen LogP contribution < -0.4 is 11.1 Å². The minimum absolute atomic E-state index is 0.0431. The molecule has 120 valence electrons. The highest BCUT2D eigenvalue weighted by Gasteiger charge is 2.49. The number of aliphatic hydroxyl groups excluding tert-OH is 1.